The molecule has 2 N–H and O–H groups in total. The Morgan fingerprint density at radius 3 is 2.67 bits per heavy atom. The van der Waals surface area contributed by atoms with E-state index in [0.29, 0.717) is 13.2 Å². The summed E-state index contributed by atoms with van der Waals surface area (Å²) >= 11 is 0. The highest BCUT2D eigenvalue weighted by Crippen LogP contribution is 2.11. The highest BCUT2D eigenvalue weighted by atomic mass is 16.6. The topological polar surface area (TPSA) is 103 Å². The number of hydrogen-bond donors (Lipinski definition) is 2. The number of morpholine rings is 1. The molecule has 0 spiro atoms. The van der Waals surface area contributed by atoms with Crippen LogP contribution < -0.4 is 10.6 Å². The lowest BCUT2D eigenvalue weighted by Crippen LogP contribution is -2.51. The monoisotopic (exact) mass is 302 g/mol. The number of esters is 1. The van der Waals surface area contributed by atoms with Gasteiger partial charge in [0.2, 0.25) is 5.91 Å². The van der Waals surface area contributed by atoms with Crippen molar-refractivity contribution < 1.29 is 28.6 Å². The van der Waals surface area contributed by atoms with Crippen molar-refractivity contribution in [2.24, 2.45) is 0 Å². The second kappa shape index (κ2) is 7.26. The molecule has 21 heavy (non-hydrogen) atoms. The third-order valence-corrected chi connectivity index (χ3v) is 2.64. The van der Waals surface area contributed by atoms with E-state index < -0.39 is 29.8 Å². The number of nitrogens with one attached hydrogen (secondary N) is 2. The molecule has 2 amide bonds. The van der Waals surface area contributed by atoms with E-state index in [1.807, 2.05) is 0 Å². The molecule has 8 heteroatoms. The molecule has 1 aliphatic heterocycles. The summed E-state index contributed by atoms with van der Waals surface area (Å²) in [6.07, 6.45) is -1.58. The van der Waals surface area contributed by atoms with E-state index in [9.17, 15) is 14.4 Å². The smallest absolute Gasteiger partial charge is 0.408 e. The lowest BCUT2D eigenvalue weighted by Gasteiger charge is -2.27. The van der Waals surface area contributed by atoms with E-state index in [4.69, 9.17) is 9.47 Å². The van der Waals surface area contributed by atoms with Gasteiger partial charge in [-0.2, -0.15) is 0 Å². The van der Waals surface area contributed by atoms with Gasteiger partial charge in [0.05, 0.1) is 13.7 Å². The van der Waals surface area contributed by atoms with Gasteiger partial charge in [-0.15, -0.1) is 0 Å². The van der Waals surface area contributed by atoms with Crippen LogP contribution in [-0.2, 0) is 23.8 Å². The summed E-state index contributed by atoms with van der Waals surface area (Å²) in [7, 11) is 1.20. The zero-order chi connectivity index (χ0) is 16.0. The average molecular weight is 302 g/mol. The molecule has 1 fully saturated rings. The van der Waals surface area contributed by atoms with Crippen molar-refractivity contribution in [3.05, 3.63) is 0 Å². The maximum atomic E-state index is 11.7. The fourth-order valence-corrected chi connectivity index (χ4v) is 1.76. The van der Waals surface area contributed by atoms with Crippen LogP contribution >= 0.6 is 0 Å². The largest absolute Gasteiger partial charge is 0.467 e. The standard InChI is InChI=1S/C13H22N2O6/c1-13(2,3)21-12(18)15-8(11(17)19-4)7-9-10(16)14-5-6-20-9/h8-9H,5-7H2,1-4H3,(H,14,16)(H,15,18)/t8-,9-/m0/s1. The molecule has 0 radical (unpaired) electrons. The number of ether oxygens (including phenoxy) is 3. The molecule has 120 valence electrons. The van der Waals surface area contributed by atoms with Crippen molar-refractivity contribution >= 4 is 18.0 Å². The minimum absolute atomic E-state index is 0.0161. The van der Waals surface area contributed by atoms with Crippen LogP contribution in [0.1, 0.15) is 27.2 Å². The van der Waals surface area contributed by atoms with Crippen molar-refractivity contribution in [3.8, 4) is 0 Å². The summed E-state index contributed by atoms with van der Waals surface area (Å²) in [4.78, 5) is 35.1. The van der Waals surface area contributed by atoms with Gasteiger partial charge in [0.1, 0.15) is 17.7 Å². The van der Waals surface area contributed by atoms with Crippen LogP contribution in [0.25, 0.3) is 0 Å². The predicted molar refractivity (Wildman–Crippen MR) is 72.5 cm³/mol. The van der Waals surface area contributed by atoms with Gasteiger partial charge >= 0.3 is 12.1 Å². The Kier molecular flexibility index (Phi) is 5.95. The summed E-state index contributed by atoms with van der Waals surface area (Å²) in [5, 5.41) is 5.02. The first kappa shape index (κ1) is 17.2. The van der Waals surface area contributed by atoms with E-state index in [1.54, 1.807) is 20.8 Å². The number of methoxy groups -OCH3 is 1. The van der Waals surface area contributed by atoms with E-state index in [-0.39, 0.29) is 12.3 Å². The first-order valence-corrected chi connectivity index (χ1v) is 6.69. The van der Waals surface area contributed by atoms with Crippen LogP contribution in [0, 0.1) is 0 Å². The van der Waals surface area contributed by atoms with Crippen molar-refractivity contribution in [1.29, 1.82) is 0 Å². The minimum Gasteiger partial charge on any atom is -0.467 e. The summed E-state index contributed by atoms with van der Waals surface area (Å²) in [6.45, 7) is 5.90. The quantitative estimate of drug-likeness (QED) is 0.706. The SMILES string of the molecule is COC(=O)[C@H](C[C@@H]1OCCNC1=O)NC(=O)OC(C)(C)C. The molecule has 0 aromatic heterocycles. The van der Waals surface area contributed by atoms with E-state index in [2.05, 4.69) is 15.4 Å². The molecule has 1 saturated heterocycles. The highest BCUT2D eigenvalue weighted by Gasteiger charge is 2.32. The van der Waals surface area contributed by atoms with Crippen LogP contribution in [0.15, 0.2) is 0 Å². The molecular weight excluding hydrogens is 280 g/mol. The number of rotatable bonds is 4. The maximum absolute atomic E-state index is 11.7. The van der Waals surface area contributed by atoms with Gasteiger partial charge in [0.25, 0.3) is 0 Å². The van der Waals surface area contributed by atoms with Crippen LogP contribution in [0.2, 0.25) is 0 Å². The van der Waals surface area contributed by atoms with E-state index in [0.717, 1.165) is 0 Å². The number of carbonyl (C=O) groups excluding carboxylic acids is 3. The summed E-state index contributed by atoms with van der Waals surface area (Å²) in [5.41, 5.74) is -0.691. The lowest BCUT2D eigenvalue weighted by molar-refractivity contribution is -0.146. The van der Waals surface area contributed by atoms with Gasteiger partial charge < -0.3 is 24.8 Å². The zero-order valence-corrected chi connectivity index (χ0v) is 12.7. The summed E-state index contributed by atoms with van der Waals surface area (Å²) < 4.78 is 15.0. The molecule has 2 atom stereocenters. The van der Waals surface area contributed by atoms with Gasteiger partial charge in [0.15, 0.2) is 0 Å². The zero-order valence-electron chi connectivity index (χ0n) is 12.7. The third-order valence-electron chi connectivity index (χ3n) is 2.64. The van der Waals surface area contributed by atoms with Crippen molar-refractivity contribution in [1.82, 2.24) is 10.6 Å². The maximum Gasteiger partial charge on any atom is 0.408 e. The van der Waals surface area contributed by atoms with Crippen LogP contribution in [0.5, 0.6) is 0 Å². The third kappa shape index (κ3) is 5.99. The van der Waals surface area contributed by atoms with Gasteiger partial charge in [-0.25, -0.2) is 9.59 Å². The molecule has 1 aliphatic rings. The number of amides is 2. The summed E-state index contributed by atoms with van der Waals surface area (Å²) in [5.74, 6) is -0.982. The Balaban J connectivity index is 2.65. The molecule has 1 rings (SSSR count). The highest BCUT2D eigenvalue weighted by molar-refractivity contribution is 5.85. The molecule has 1 heterocycles. The first-order chi connectivity index (χ1) is 9.73. The molecule has 0 aliphatic carbocycles. The molecule has 0 bridgehead atoms. The second-order valence-electron chi connectivity index (χ2n) is 5.61. The van der Waals surface area contributed by atoms with Gasteiger partial charge in [0, 0.05) is 13.0 Å². The fourth-order valence-electron chi connectivity index (χ4n) is 1.76. The molecule has 0 aromatic carbocycles. The molecule has 0 saturated carbocycles. The number of carbonyl (C=O) groups is 3. The van der Waals surface area contributed by atoms with Crippen LogP contribution in [0.4, 0.5) is 4.79 Å². The Bertz CT molecular complexity index is 404. The summed E-state index contributed by atoms with van der Waals surface area (Å²) in [6, 6.07) is -1.02. The Morgan fingerprint density at radius 1 is 1.48 bits per heavy atom. The Hall–Kier alpha value is -1.83. The molecule has 0 aromatic rings. The second-order valence-corrected chi connectivity index (χ2v) is 5.61. The van der Waals surface area contributed by atoms with Gasteiger partial charge in [-0.1, -0.05) is 0 Å². The van der Waals surface area contributed by atoms with Crippen molar-refractivity contribution in [3.63, 3.8) is 0 Å². The lowest BCUT2D eigenvalue weighted by atomic mass is 10.1. The van der Waals surface area contributed by atoms with Crippen LogP contribution in [-0.4, -0.2) is 56.0 Å². The van der Waals surface area contributed by atoms with Gasteiger partial charge in [-0.05, 0) is 20.8 Å². The van der Waals surface area contributed by atoms with Crippen LogP contribution in [0.3, 0.4) is 0 Å². The van der Waals surface area contributed by atoms with Crippen molar-refractivity contribution in [2.75, 3.05) is 20.3 Å². The average Bonchev–Trinajstić information content (AvgIpc) is 2.37. The van der Waals surface area contributed by atoms with Crippen molar-refractivity contribution in [2.45, 2.75) is 44.9 Å². The predicted octanol–water partition coefficient (Wildman–Crippen LogP) is -0.0422. The fraction of sp³-hybridized carbons (Fsp3) is 0.769. The molecule has 8 nitrogen and oxygen atoms in total. The normalized spacial score (nSPS) is 20.2. The first-order valence-electron chi connectivity index (χ1n) is 6.69. The minimum atomic E-state index is -1.02. The number of alkyl carbamates (subject to hydrolysis) is 1. The Morgan fingerprint density at radius 2 is 2.14 bits per heavy atom. The van der Waals surface area contributed by atoms with Gasteiger partial charge in [-0.3, -0.25) is 4.79 Å². The Labute approximate surface area is 123 Å². The number of hydrogen-bond acceptors (Lipinski definition) is 6. The molecular formula is C13H22N2O6. The molecule has 0 unspecified atom stereocenters. The van der Waals surface area contributed by atoms with E-state index >= 15 is 0 Å². The van der Waals surface area contributed by atoms with E-state index in [1.165, 1.54) is 7.11 Å².